The van der Waals surface area contributed by atoms with E-state index in [1.165, 1.54) is 6.42 Å². The van der Waals surface area contributed by atoms with E-state index in [1.54, 1.807) is 7.11 Å². The third-order valence-corrected chi connectivity index (χ3v) is 4.94. The van der Waals surface area contributed by atoms with Crippen molar-refractivity contribution in [2.45, 2.75) is 57.5 Å². The van der Waals surface area contributed by atoms with Crippen LogP contribution in [0.1, 0.15) is 49.4 Å². The normalized spacial score (nSPS) is 16.7. The fourth-order valence-electron chi connectivity index (χ4n) is 3.36. The molecule has 1 aromatic carbocycles. The predicted molar refractivity (Wildman–Crippen MR) is 104 cm³/mol. The van der Waals surface area contributed by atoms with E-state index in [0.717, 1.165) is 43.6 Å². The Balaban J connectivity index is 1.35. The van der Waals surface area contributed by atoms with E-state index in [1.807, 2.05) is 24.3 Å². The number of nitrogens with zero attached hydrogens (tertiary/aromatic N) is 2. The number of carbonyl (C=O) groups is 1. The van der Waals surface area contributed by atoms with Gasteiger partial charge in [0.15, 0.2) is 0 Å². The fraction of sp³-hybridized carbons (Fsp3) is 0.571. The molecule has 1 amide bonds. The molecule has 0 unspecified atom stereocenters. The van der Waals surface area contributed by atoms with Gasteiger partial charge in [0.2, 0.25) is 17.7 Å². The Bertz CT molecular complexity index is 741. The highest BCUT2D eigenvalue weighted by atomic mass is 16.5. The molecule has 152 valence electrons. The van der Waals surface area contributed by atoms with Gasteiger partial charge >= 0.3 is 0 Å². The highest BCUT2D eigenvalue weighted by Gasteiger charge is 2.14. The van der Waals surface area contributed by atoms with Gasteiger partial charge in [0.1, 0.15) is 5.75 Å². The quantitative estimate of drug-likeness (QED) is 0.675. The van der Waals surface area contributed by atoms with E-state index in [0.29, 0.717) is 37.6 Å². The lowest BCUT2D eigenvalue weighted by atomic mass is 10.1. The van der Waals surface area contributed by atoms with E-state index in [9.17, 15) is 4.79 Å². The van der Waals surface area contributed by atoms with Gasteiger partial charge in [0.05, 0.1) is 13.2 Å². The number of benzene rings is 1. The monoisotopic (exact) mass is 387 g/mol. The number of aromatic nitrogens is 2. The minimum Gasteiger partial charge on any atom is -0.496 e. The van der Waals surface area contributed by atoms with Gasteiger partial charge in [0.25, 0.3) is 0 Å². The Hall–Kier alpha value is -2.41. The van der Waals surface area contributed by atoms with Crippen LogP contribution in [0.4, 0.5) is 0 Å². The van der Waals surface area contributed by atoms with Crippen LogP contribution < -0.4 is 10.1 Å². The predicted octanol–water partition coefficient (Wildman–Crippen LogP) is 2.87. The first-order valence-corrected chi connectivity index (χ1v) is 10.1. The van der Waals surface area contributed by atoms with Crippen LogP contribution in [0.2, 0.25) is 0 Å². The summed E-state index contributed by atoms with van der Waals surface area (Å²) >= 11 is 0. The minimum atomic E-state index is 0.00424. The van der Waals surface area contributed by atoms with Gasteiger partial charge in [-0.2, -0.15) is 0 Å². The van der Waals surface area contributed by atoms with Crippen LogP contribution in [0.3, 0.4) is 0 Å². The zero-order valence-electron chi connectivity index (χ0n) is 16.5. The van der Waals surface area contributed by atoms with Crippen molar-refractivity contribution in [2.75, 3.05) is 20.3 Å². The average molecular weight is 387 g/mol. The van der Waals surface area contributed by atoms with Crippen molar-refractivity contribution >= 4 is 5.91 Å². The van der Waals surface area contributed by atoms with E-state index in [2.05, 4.69) is 15.5 Å². The average Bonchev–Trinajstić information content (AvgIpc) is 3.19. The molecule has 0 saturated carbocycles. The van der Waals surface area contributed by atoms with Gasteiger partial charge in [0, 0.05) is 32.4 Å². The lowest BCUT2D eigenvalue weighted by Crippen LogP contribution is -2.29. The van der Waals surface area contributed by atoms with E-state index in [4.69, 9.17) is 13.9 Å². The highest BCUT2D eigenvalue weighted by molar-refractivity contribution is 5.75. The van der Waals surface area contributed by atoms with Crippen molar-refractivity contribution in [1.82, 2.24) is 15.5 Å². The summed E-state index contributed by atoms with van der Waals surface area (Å²) in [6, 6.07) is 7.89. The number of hydrogen-bond acceptors (Lipinski definition) is 6. The van der Waals surface area contributed by atoms with Gasteiger partial charge < -0.3 is 19.2 Å². The summed E-state index contributed by atoms with van der Waals surface area (Å²) < 4.78 is 16.7. The van der Waals surface area contributed by atoms with Crippen LogP contribution in [0.5, 0.6) is 5.75 Å². The molecule has 1 atom stereocenters. The molecule has 0 aliphatic carbocycles. The third kappa shape index (κ3) is 6.34. The summed E-state index contributed by atoms with van der Waals surface area (Å²) in [6.07, 6.45) is 6.82. The van der Waals surface area contributed by atoms with Crippen LogP contribution in [-0.4, -0.2) is 42.5 Å². The Morgan fingerprint density at radius 1 is 1.18 bits per heavy atom. The van der Waals surface area contributed by atoms with Crippen molar-refractivity contribution in [3.05, 3.63) is 41.6 Å². The first-order chi connectivity index (χ1) is 13.7. The van der Waals surface area contributed by atoms with Crippen LogP contribution in [0.25, 0.3) is 0 Å². The molecule has 1 N–H and O–H groups in total. The molecule has 1 aliphatic rings. The van der Waals surface area contributed by atoms with Gasteiger partial charge in [-0.25, -0.2) is 0 Å². The lowest BCUT2D eigenvalue weighted by Gasteiger charge is -2.22. The second-order valence-electron chi connectivity index (χ2n) is 7.03. The summed E-state index contributed by atoms with van der Waals surface area (Å²) in [7, 11) is 1.66. The molecular formula is C21H29N3O4. The number of ether oxygens (including phenoxy) is 2. The van der Waals surface area contributed by atoms with Gasteiger partial charge in [-0.05, 0) is 43.7 Å². The molecule has 1 saturated heterocycles. The maximum absolute atomic E-state index is 12.0. The molecule has 2 heterocycles. The largest absolute Gasteiger partial charge is 0.496 e. The van der Waals surface area contributed by atoms with Crippen molar-refractivity contribution in [3.63, 3.8) is 0 Å². The van der Waals surface area contributed by atoms with Crippen molar-refractivity contribution in [3.8, 4) is 5.75 Å². The fourth-order valence-corrected chi connectivity index (χ4v) is 3.36. The maximum atomic E-state index is 12.0. The van der Waals surface area contributed by atoms with Crippen LogP contribution in [-0.2, 0) is 28.8 Å². The van der Waals surface area contributed by atoms with Crippen LogP contribution in [0.15, 0.2) is 28.7 Å². The number of aryl methyl sites for hydroxylation is 3. The molecule has 1 aliphatic heterocycles. The number of para-hydroxylation sites is 1. The van der Waals surface area contributed by atoms with E-state index < -0.39 is 0 Å². The topological polar surface area (TPSA) is 86.5 Å². The molecule has 0 bridgehead atoms. The lowest BCUT2D eigenvalue weighted by molar-refractivity contribution is -0.121. The number of rotatable bonds is 10. The van der Waals surface area contributed by atoms with Gasteiger partial charge in [-0.15, -0.1) is 10.2 Å². The summed E-state index contributed by atoms with van der Waals surface area (Å²) in [5, 5.41) is 11.1. The second kappa shape index (κ2) is 10.8. The first kappa shape index (κ1) is 20.3. The number of amides is 1. The second-order valence-corrected chi connectivity index (χ2v) is 7.03. The van der Waals surface area contributed by atoms with Gasteiger partial charge in [-0.3, -0.25) is 4.79 Å². The summed E-state index contributed by atoms with van der Waals surface area (Å²) in [6.45, 7) is 1.49. The molecule has 3 rings (SSSR count). The summed E-state index contributed by atoms with van der Waals surface area (Å²) in [5.41, 5.74) is 1.10. The molecule has 7 nitrogen and oxygen atoms in total. The number of hydrogen-bond donors (Lipinski definition) is 1. The molecule has 0 radical (unpaired) electrons. The molecule has 1 fully saturated rings. The van der Waals surface area contributed by atoms with Gasteiger partial charge in [-0.1, -0.05) is 18.2 Å². The standard InChI is InChI=1S/C21H29N3O4/c1-26-18-8-3-2-6-16(18)9-11-20-23-24-21(28-20)12-10-19(25)22-14-13-17-7-4-5-15-27-17/h2-3,6,8,17H,4-5,7,9-15H2,1H3,(H,22,25)/t17-/m1/s1. The molecule has 7 heteroatoms. The number of methoxy groups -OCH3 is 1. The van der Waals surface area contributed by atoms with Crippen LogP contribution >= 0.6 is 0 Å². The molecule has 0 spiro atoms. The Labute approximate surface area is 165 Å². The van der Waals surface area contributed by atoms with E-state index in [-0.39, 0.29) is 12.0 Å². The molecule has 1 aromatic heterocycles. The van der Waals surface area contributed by atoms with Crippen molar-refractivity contribution < 1.29 is 18.7 Å². The summed E-state index contributed by atoms with van der Waals surface area (Å²) in [5.74, 6) is 1.94. The Kier molecular flexibility index (Phi) is 7.84. The number of carbonyl (C=O) groups excluding carboxylic acids is 1. The maximum Gasteiger partial charge on any atom is 0.220 e. The zero-order chi connectivity index (χ0) is 19.6. The molecule has 2 aromatic rings. The molecule has 28 heavy (non-hydrogen) atoms. The molecular weight excluding hydrogens is 358 g/mol. The Morgan fingerprint density at radius 3 is 2.79 bits per heavy atom. The van der Waals surface area contributed by atoms with E-state index >= 15 is 0 Å². The number of nitrogens with one attached hydrogen (secondary N) is 1. The zero-order valence-corrected chi connectivity index (χ0v) is 16.5. The highest BCUT2D eigenvalue weighted by Crippen LogP contribution is 2.19. The van der Waals surface area contributed by atoms with Crippen molar-refractivity contribution in [1.29, 1.82) is 0 Å². The minimum absolute atomic E-state index is 0.00424. The van der Waals surface area contributed by atoms with Crippen molar-refractivity contribution in [2.24, 2.45) is 0 Å². The third-order valence-electron chi connectivity index (χ3n) is 4.94. The summed E-state index contributed by atoms with van der Waals surface area (Å²) in [4.78, 5) is 12.0. The SMILES string of the molecule is COc1ccccc1CCc1nnc(CCC(=O)NCC[C@H]2CCCCO2)o1. The first-order valence-electron chi connectivity index (χ1n) is 10.1. The van der Waals surface area contributed by atoms with Crippen LogP contribution in [0, 0.1) is 0 Å². The Morgan fingerprint density at radius 2 is 2.00 bits per heavy atom. The smallest absolute Gasteiger partial charge is 0.220 e.